The highest BCUT2D eigenvalue weighted by Crippen LogP contribution is 2.28. The van der Waals surface area contributed by atoms with E-state index < -0.39 is 0 Å². The minimum absolute atomic E-state index is 0.0316. The number of nitrogens with zero attached hydrogens (tertiary/aromatic N) is 1. The first-order valence-electron chi connectivity index (χ1n) is 7.54. The Morgan fingerprint density at radius 1 is 1.33 bits per heavy atom. The molecule has 0 unspecified atom stereocenters. The van der Waals surface area contributed by atoms with Crippen LogP contribution in [0.5, 0.6) is 0 Å². The van der Waals surface area contributed by atoms with E-state index in [2.05, 4.69) is 25.8 Å². The third-order valence-electron chi connectivity index (χ3n) is 3.94. The molecule has 0 spiro atoms. The molecular weight excluding hydrogens is 270 g/mol. The second-order valence-electron chi connectivity index (χ2n) is 6.68. The van der Waals surface area contributed by atoms with Gasteiger partial charge in [-0.1, -0.05) is 20.8 Å². The van der Waals surface area contributed by atoms with Crippen molar-refractivity contribution >= 4 is 5.97 Å². The molecule has 5 heteroatoms. The van der Waals surface area contributed by atoms with Gasteiger partial charge in [0.2, 0.25) is 5.89 Å². The van der Waals surface area contributed by atoms with E-state index in [0.29, 0.717) is 12.5 Å². The summed E-state index contributed by atoms with van der Waals surface area (Å²) in [5.74, 6) is 1.42. The highest BCUT2D eigenvalue weighted by atomic mass is 16.5. The van der Waals surface area contributed by atoms with Crippen molar-refractivity contribution in [2.75, 3.05) is 7.11 Å². The molecule has 1 aliphatic rings. The zero-order valence-electron chi connectivity index (χ0n) is 13.3. The Kier molecular flexibility index (Phi) is 5.04. The zero-order valence-corrected chi connectivity index (χ0v) is 13.3. The van der Waals surface area contributed by atoms with Crippen molar-refractivity contribution < 1.29 is 18.7 Å². The fraction of sp³-hybridized carbons (Fsp3) is 0.750. The van der Waals surface area contributed by atoms with Gasteiger partial charge in [-0.15, -0.1) is 0 Å². The molecule has 0 amide bonds. The fourth-order valence-corrected chi connectivity index (χ4v) is 2.54. The van der Waals surface area contributed by atoms with Crippen LogP contribution in [0.4, 0.5) is 0 Å². The molecule has 1 aliphatic carbocycles. The summed E-state index contributed by atoms with van der Waals surface area (Å²) in [6.45, 7) is 6.66. The summed E-state index contributed by atoms with van der Waals surface area (Å²) in [4.78, 5) is 15.7. The molecule has 0 atom stereocenters. The number of esters is 1. The number of aromatic nitrogens is 1. The largest absolute Gasteiger partial charge is 0.469 e. The molecule has 1 aromatic rings. The van der Waals surface area contributed by atoms with Crippen LogP contribution < -0.4 is 0 Å². The first-order chi connectivity index (χ1) is 9.90. The van der Waals surface area contributed by atoms with Gasteiger partial charge in [-0.3, -0.25) is 4.79 Å². The molecule has 0 saturated heterocycles. The number of hydrogen-bond acceptors (Lipinski definition) is 5. The summed E-state index contributed by atoms with van der Waals surface area (Å²) in [6, 6.07) is 0. The lowest BCUT2D eigenvalue weighted by molar-refractivity contribution is -0.147. The van der Waals surface area contributed by atoms with E-state index in [4.69, 9.17) is 13.9 Å². The first kappa shape index (κ1) is 16.0. The minimum atomic E-state index is -0.101. The van der Waals surface area contributed by atoms with E-state index in [1.807, 2.05) is 0 Å². The normalized spacial score (nSPS) is 23.0. The van der Waals surface area contributed by atoms with Gasteiger partial charge in [-0.05, 0) is 25.7 Å². The maximum atomic E-state index is 11.5. The molecule has 0 radical (unpaired) electrons. The molecule has 21 heavy (non-hydrogen) atoms. The molecular formula is C16H25NO4. The molecule has 0 bridgehead atoms. The van der Waals surface area contributed by atoms with Gasteiger partial charge in [0.1, 0.15) is 12.4 Å². The number of rotatable bonds is 4. The molecule has 118 valence electrons. The Bertz CT molecular complexity index is 467. The highest BCUT2D eigenvalue weighted by Gasteiger charge is 2.27. The van der Waals surface area contributed by atoms with Crippen LogP contribution in [0.1, 0.15) is 58.1 Å². The Morgan fingerprint density at radius 3 is 2.52 bits per heavy atom. The predicted molar refractivity (Wildman–Crippen MR) is 77.8 cm³/mol. The molecule has 1 heterocycles. The van der Waals surface area contributed by atoms with Crippen molar-refractivity contribution in [1.82, 2.24) is 4.98 Å². The molecule has 1 fully saturated rings. The molecule has 5 nitrogen and oxygen atoms in total. The lowest BCUT2D eigenvalue weighted by atomic mass is 9.87. The lowest BCUT2D eigenvalue weighted by Crippen LogP contribution is -2.26. The zero-order chi connectivity index (χ0) is 15.5. The Hall–Kier alpha value is -1.36. The van der Waals surface area contributed by atoms with Crippen LogP contribution in [0.3, 0.4) is 0 Å². The molecule has 1 aromatic heterocycles. The van der Waals surface area contributed by atoms with Crippen molar-refractivity contribution in [1.29, 1.82) is 0 Å². The maximum Gasteiger partial charge on any atom is 0.308 e. The number of carbonyl (C=O) groups excluding carboxylic acids is 1. The van der Waals surface area contributed by atoms with Gasteiger partial charge in [-0.25, -0.2) is 4.98 Å². The fourth-order valence-electron chi connectivity index (χ4n) is 2.54. The molecule has 1 saturated carbocycles. The summed E-state index contributed by atoms with van der Waals surface area (Å²) < 4.78 is 16.3. The third-order valence-corrected chi connectivity index (χ3v) is 3.94. The van der Waals surface area contributed by atoms with Crippen molar-refractivity contribution in [2.45, 2.75) is 64.6 Å². The predicted octanol–water partition coefficient (Wildman–Crippen LogP) is 3.22. The van der Waals surface area contributed by atoms with E-state index in [1.54, 1.807) is 6.20 Å². The third kappa shape index (κ3) is 4.30. The summed E-state index contributed by atoms with van der Waals surface area (Å²) in [5.41, 5.74) is -0.0379. The van der Waals surface area contributed by atoms with Crippen molar-refractivity contribution in [3.05, 3.63) is 17.8 Å². The molecule has 2 rings (SSSR count). The van der Waals surface area contributed by atoms with Gasteiger partial charge in [-0.2, -0.15) is 0 Å². The Labute approximate surface area is 126 Å². The summed E-state index contributed by atoms with van der Waals surface area (Å²) in [5, 5.41) is 0. The van der Waals surface area contributed by atoms with Gasteiger partial charge in [0.15, 0.2) is 0 Å². The summed E-state index contributed by atoms with van der Waals surface area (Å²) >= 11 is 0. The van der Waals surface area contributed by atoms with Crippen molar-refractivity contribution in [3.8, 4) is 0 Å². The molecule has 0 N–H and O–H groups in total. The number of oxazole rings is 1. The van der Waals surface area contributed by atoms with Crippen molar-refractivity contribution in [2.24, 2.45) is 5.92 Å². The van der Waals surface area contributed by atoms with Crippen LogP contribution in [-0.4, -0.2) is 24.2 Å². The van der Waals surface area contributed by atoms with Gasteiger partial charge < -0.3 is 13.9 Å². The number of ether oxygens (including phenoxy) is 2. The van der Waals surface area contributed by atoms with Crippen LogP contribution in [0, 0.1) is 5.92 Å². The van der Waals surface area contributed by atoms with Gasteiger partial charge in [0.05, 0.1) is 25.3 Å². The quantitative estimate of drug-likeness (QED) is 0.798. The van der Waals surface area contributed by atoms with Crippen LogP contribution in [0.25, 0.3) is 0 Å². The smallest absolute Gasteiger partial charge is 0.308 e. The van der Waals surface area contributed by atoms with E-state index in [1.165, 1.54) is 7.11 Å². The van der Waals surface area contributed by atoms with Crippen LogP contribution in [0.15, 0.2) is 10.6 Å². The lowest BCUT2D eigenvalue weighted by Gasteiger charge is -2.26. The average Bonchev–Trinajstić information content (AvgIpc) is 2.94. The number of hydrogen-bond donors (Lipinski definition) is 0. The van der Waals surface area contributed by atoms with E-state index in [0.717, 1.165) is 31.4 Å². The summed E-state index contributed by atoms with van der Waals surface area (Å²) in [6.07, 6.45) is 5.37. The van der Waals surface area contributed by atoms with Crippen LogP contribution in [-0.2, 0) is 26.3 Å². The monoisotopic (exact) mass is 295 g/mol. The molecule has 0 aromatic carbocycles. The van der Waals surface area contributed by atoms with E-state index in [-0.39, 0.29) is 23.4 Å². The van der Waals surface area contributed by atoms with E-state index >= 15 is 0 Å². The summed E-state index contributed by atoms with van der Waals surface area (Å²) in [7, 11) is 1.44. The number of methoxy groups -OCH3 is 1. The van der Waals surface area contributed by atoms with Gasteiger partial charge >= 0.3 is 5.97 Å². The van der Waals surface area contributed by atoms with Crippen LogP contribution in [0.2, 0.25) is 0 Å². The standard InChI is InChI=1S/C16H25NO4/c1-16(2,3)13-9-17-14(21-13)10-20-12-7-5-11(6-8-12)15(18)19-4/h9,11-12H,5-8,10H2,1-4H3. The Balaban J connectivity index is 1.77. The molecule has 0 aliphatic heterocycles. The second-order valence-corrected chi connectivity index (χ2v) is 6.68. The van der Waals surface area contributed by atoms with Crippen molar-refractivity contribution in [3.63, 3.8) is 0 Å². The topological polar surface area (TPSA) is 61.6 Å². The van der Waals surface area contributed by atoms with Gasteiger partial charge in [0.25, 0.3) is 0 Å². The second kappa shape index (κ2) is 6.60. The highest BCUT2D eigenvalue weighted by molar-refractivity contribution is 5.72. The average molecular weight is 295 g/mol. The van der Waals surface area contributed by atoms with E-state index in [9.17, 15) is 4.79 Å². The SMILES string of the molecule is COC(=O)C1CCC(OCc2ncc(C(C)(C)C)o2)CC1. The van der Waals surface area contributed by atoms with Crippen LogP contribution >= 0.6 is 0 Å². The minimum Gasteiger partial charge on any atom is -0.469 e. The first-order valence-corrected chi connectivity index (χ1v) is 7.54. The maximum absolute atomic E-state index is 11.5. The number of carbonyl (C=O) groups is 1. The Morgan fingerprint density at radius 2 is 2.00 bits per heavy atom. The van der Waals surface area contributed by atoms with Gasteiger partial charge in [0, 0.05) is 5.41 Å².